The van der Waals surface area contributed by atoms with Crippen molar-refractivity contribution >= 4 is 11.8 Å². The summed E-state index contributed by atoms with van der Waals surface area (Å²) in [6, 6.07) is 0. The normalized spacial score (nSPS) is 20.7. The number of allylic oxidation sites excluding steroid dienone is 9. The zero-order chi connectivity index (χ0) is 17.9. The average Bonchev–Trinajstić information content (AvgIpc) is 2.89. The molecule has 0 bridgehead atoms. The van der Waals surface area contributed by atoms with Crippen molar-refractivity contribution in [2.75, 3.05) is 40.4 Å². The zero-order valence-corrected chi connectivity index (χ0v) is 16.2. The predicted molar refractivity (Wildman–Crippen MR) is 109 cm³/mol. The Kier molecular flexibility index (Phi) is 5.20. The minimum Gasteiger partial charge on any atom is -0.378 e. The number of fused-ring (bicyclic) bond motifs is 3. The average molecular weight is 368 g/mol. The first-order valence-corrected chi connectivity index (χ1v) is 9.94. The van der Waals surface area contributed by atoms with Crippen LogP contribution in [-0.2, 0) is 4.74 Å². The Morgan fingerprint density at radius 1 is 1.19 bits per heavy atom. The fraction of sp³-hybridized carbons (Fsp3) is 0.333. The molecule has 0 amide bonds. The van der Waals surface area contributed by atoms with E-state index in [0.29, 0.717) is 6.61 Å². The summed E-state index contributed by atoms with van der Waals surface area (Å²) in [7, 11) is 4.14. The van der Waals surface area contributed by atoms with Gasteiger partial charge in [0.2, 0.25) is 0 Å². The molecule has 2 aliphatic carbocycles. The van der Waals surface area contributed by atoms with Crippen LogP contribution in [0.3, 0.4) is 0 Å². The third-order valence-electron chi connectivity index (χ3n) is 4.79. The van der Waals surface area contributed by atoms with Gasteiger partial charge in [0, 0.05) is 29.6 Å². The number of hydrazine groups is 1. The van der Waals surface area contributed by atoms with Crippen molar-refractivity contribution in [2.24, 2.45) is 0 Å². The molecule has 0 aromatic rings. The Morgan fingerprint density at radius 2 is 2.12 bits per heavy atom. The molecule has 4 aliphatic rings. The van der Waals surface area contributed by atoms with Crippen LogP contribution in [0.2, 0.25) is 0 Å². The van der Waals surface area contributed by atoms with E-state index >= 15 is 0 Å². The largest absolute Gasteiger partial charge is 0.378 e. The van der Waals surface area contributed by atoms with Crippen molar-refractivity contribution in [1.29, 1.82) is 0 Å². The fourth-order valence-corrected chi connectivity index (χ4v) is 4.42. The molecule has 2 aliphatic heterocycles. The summed E-state index contributed by atoms with van der Waals surface area (Å²) < 4.78 is 5.82. The third-order valence-corrected chi connectivity index (χ3v) is 5.80. The van der Waals surface area contributed by atoms with Crippen LogP contribution in [-0.4, -0.2) is 50.3 Å². The molecule has 0 saturated heterocycles. The molecular weight excluding hydrogens is 342 g/mol. The number of likely N-dealkylation sites (N-methyl/N-ethyl adjacent to an activating group) is 1. The van der Waals surface area contributed by atoms with Gasteiger partial charge in [0.1, 0.15) is 0 Å². The summed E-state index contributed by atoms with van der Waals surface area (Å²) in [6.07, 6.45) is 16.2. The van der Waals surface area contributed by atoms with Gasteiger partial charge in [0.25, 0.3) is 0 Å². The molecule has 1 N–H and O–H groups in total. The van der Waals surface area contributed by atoms with Crippen LogP contribution in [0.5, 0.6) is 0 Å². The smallest absolute Gasteiger partial charge is 0.0687 e. The molecule has 0 atom stereocenters. The van der Waals surface area contributed by atoms with Crippen molar-refractivity contribution < 1.29 is 4.74 Å². The van der Waals surface area contributed by atoms with E-state index in [0.717, 1.165) is 26.1 Å². The quantitative estimate of drug-likeness (QED) is 0.726. The molecule has 0 spiro atoms. The maximum atomic E-state index is 5.82. The molecule has 2 heterocycles. The predicted octanol–water partition coefficient (Wildman–Crippen LogP) is 3.49. The van der Waals surface area contributed by atoms with Crippen molar-refractivity contribution in [3.05, 3.63) is 81.0 Å². The number of hydrogen-bond acceptors (Lipinski definition) is 5. The summed E-state index contributed by atoms with van der Waals surface area (Å²) >= 11 is 1.83. The lowest BCUT2D eigenvalue weighted by atomic mass is 10.0. The van der Waals surface area contributed by atoms with E-state index in [1.165, 1.54) is 32.9 Å². The third kappa shape index (κ3) is 3.47. The Morgan fingerprint density at radius 3 is 3.00 bits per heavy atom. The molecule has 0 aromatic heterocycles. The molecule has 4 rings (SSSR count). The first-order chi connectivity index (χ1) is 12.7. The van der Waals surface area contributed by atoms with Crippen LogP contribution in [0.25, 0.3) is 0 Å². The molecule has 136 valence electrons. The lowest BCUT2D eigenvalue weighted by Crippen LogP contribution is -2.40. The number of thioether (sulfide) groups is 1. The maximum Gasteiger partial charge on any atom is 0.0687 e. The molecule has 0 fully saturated rings. The summed E-state index contributed by atoms with van der Waals surface area (Å²) in [6.45, 7) is 3.24. The highest BCUT2D eigenvalue weighted by Crippen LogP contribution is 2.48. The second-order valence-corrected chi connectivity index (χ2v) is 7.81. The molecule has 0 aromatic carbocycles. The molecule has 0 unspecified atom stereocenters. The Balaban J connectivity index is 1.57. The van der Waals surface area contributed by atoms with Crippen LogP contribution < -0.4 is 5.43 Å². The van der Waals surface area contributed by atoms with E-state index in [2.05, 4.69) is 71.3 Å². The van der Waals surface area contributed by atoms with E-state index in [4.69, 9.17) is 4.74 Å². The van der Waals surface area contributed by atoms with Gasteiger partial charge in [-0.3, -0.25) is 5.01 Å². The summed E-state index contributed by atoms with van der Waals surface area (Å²) in [4.78, 5) is 3.54. The van der Waals surface area contributed by atoms with Crippen LogP contribution in [0.1, 0.15) is 6.42 Å². The maximum absolute atomic E-state index is 5.82. The van der Waals surface area contributed by atoms with Gasteiger partial charge in [-0.05, 0) is 42.3 Å². The van der Waals surface area contributed by atoms with Gasteiger partial charge in [-0.25, -0.2) is 0 Å². The van der Waals surface area contributed by atoms with Gasteiger partial charge in [-0.1, -0.05) is 42.1 Å². The second-order valence-electron chi connectivity index (χ2n) is 6.90. The first kappa shape index (κ1) is 17.5. The van der Waals surface area contributed by atoms with Gasteiger partial charge < -0.3 is 15.1 Å². The van der Waals surface area contributed by atoms with Gasteiger partial charge in [-0.2, -0.15) is 0 Å². The van der Waals surface area contributed by atoms with Crippen molar-refractivity contribution in [3.8, 4) is 0 Å². The molecule has 5 heteroatoms. The van der Waals surface area contributed by atoms with Gasteiger partial charge >= 0.3 is 0 Å². The highest BCUT2D eigenvalue weighted by atomic mass is 32.2. The standard InChI is InChI=1S/C21H25N3OS/c1-23(2)10-12-25-13-11-24-20-16(8-9-22-24)5-3-7-18-19(20)15-17-6-4-14-26-21(17)18/h3-9,14,22H,10-13,15H2,1-2H3. The highest BCUT2D eigenvalue weighted by molar-refractivity contribution is 8.06. The monoisotopic (exact) mass is 367 g/mol. The van der Waals surface area contributed by atoms with E-state index in [1.54, 1.807) is 0 Å². The van der Waals surface area contributed by atoms with Gasteiger partial charge in [-0.15, -0.1) is 0 Å². The summed E-state index contributed by atoms with van der Waals surface area (Å²) in [5.74, 6) is 0. The van der Waals surface area contributed by atoms with Crippen LogP contribution in [0.15, 0.2) is 81.0 Å². The van der Waals surface area contributed by atoms with E-state index in [9.17, 15) is 0 Å². The second kappa shape index (κ2) is 7.74. The number of rotatable bonds is 6. The molecule has 26 heavy (non-hydrogen) atoms. The number of hydrogen-bond donors (Lipinski definition) is 1. The lowest BCUT2D eigenvalue weighted by Gasteiger charge is -2.32. The first-order valence-electron chi connectivity index (χ1n) is 9.06. The number of nitrogens with zero attached hydrogens (tertiary/aromatic N) is 2. The van der Waals surface area contributed by atoms with Gasteiger partial charge in [0.05, 0.1) is 25.5 Å². The van der Waals surface area contributed by atoms with Crippen LogP contribution >= 0.6 is 11.8 Å². The van der Waals surface area contributed by atoms with Crippen LogP contribution in [0.4, 0.5) is 0 Å². The minimum atomic E-state index is 0.705. The van der Waals surface area contributed by atoms with E-state index < -0.39 is 0 Å². The van der Waals surface area contributed by atoms with Gasteiger partial charge in [0.15, 0.2) is 0 Å². The van der Waals surface area contributed by atoms with Crippen molar-refractivity contribution in [2.45, 2.75) is 6.42 Å². The lowest BCUT2D eigenvalue weighted by molar-refractivity contribution is 0.0930. The molecule has 0 saturated carbocycles. The Bertz CT molecular complexity index is 796. The van der Waals surface area contributed by atoms with Crippen molar-refractivity contribution in [3.63, 3.8) is 0 Å². The van der Waals surface area contributed by atoms with Crippen molar-refractivity contribution in [1.82, 2.24) is 15.3 Å². The SMILES string of the molecule is CN(C)CCOCCN1NC=CC2=CC=CC3=C4SC=CC=C4CC3=C21. The topological polar surface area (TPSA) is 27.7 Å². The minimum absolute atomic E-state index is 0.705. The highest BCUT2D eigenvalue weighted by Gasteiger charge is 2.31. The number of ether oxygens (including phenoxy) is 1. The Hall–Kier alpha value is -1.95. The van der Waals surface area contributed by atoms with E-state index in [1.807, 2.05) is 18.0 Å². The Labute approximate surface area is 159 Å². The zero-order valence-electron chi connectivity index (χ0n) is 15.4. The summed E-state index contributed by atoms with van der Waals surface area (Å²) in [5.41, 5.74) is 10.2. The number of nitrogens with one attached hydrogen (secondary N) is 1. The fourth-order valence-electron chi connectivity index (χ4n) is 3.52. The van der Waals surface area contributed by atoms with Crippen LogP contribution in [0, 0.1) is 0 Å². The molecule has 0 radical (unpaired) electrons. The van der Waals surface area contributed by atoms with E-state index in [-0.39, 0.29) is 0 Å². The molecule has 4 nitrogen and oxygen atoms in total. The summed E-state index contributed by atoms with van der Waals surface area (Å²) in [5, 5.41) is 4.41. The molecular formula is C21H25N3OS.